The first kappa shape index (κ1) is 11.7. The van der Waals surface area contributed by atoms with E-state index in [2.05, 4.69) is 56.2 Å². The topological polar surface area (TPSA) is 25.2 Å². The van der Waals surface area contributed by atoms with Gasteiger partial charge in [-0.15, -0.1) is 0 Å². The molecule has 0 atom stereocenters. The lowest BCUT2D eigenvalue weighted by molar-refractivity contribution is 0.516. The molecule has 0 aliphatic heterocycles. The summed E-state index contributed by atoms with van der Waals surface area (Å²) in [7, 11) is 0. The number of benzene rings is 1. The fraction of sp³-hybridized carbons (Fsp3) is 0.167. The third-order valence-corrected chi connectivity index (χ3v) is 3.53. The van der Waals surface area contributed by atoms with E-state index in [-0.39, 0.29) is 0 Å². The van der Waals surface area contributed by atoms with Crippen LogP contribution in [-0.2, 0) is 6.54 Å². The van der Waals surface area contributed by atoms with Gasteiger partial charge in [-0.05, 0) is 46.6 Å². The summed E-state index contributed by atoms with van der Waals surface area (Å²) < 4.78 is 7.40. The first-order valence-electron chi connectivity index (χ1n) is 4.88. The van der Waals surface area contributed by atoms with Crippen molar-refractivity contribution >= 4 is 37.5 Å². The molecule has 0 aliphatic rings. The average molecular weight is 345 g/mol. The van der Waals surface area contributed by atoms with Crippen LogP contribution in [0.25, 0.3) is 0 Å². The molecule has 0 aliphatic carbocycles. The number of aryl methyl sites for hydroxylation is 1. The summed E-state index contributed by atoms with van der Waals surface area (Å²) in [6, 6.07) is 8.06. The van der Waals surface area contributed by atoms with Gasteiger partial charge in [0.15, 0.2) is 0 Å². The van der Waals surface area contributed by atoms with Crippen LogP contribution in [-0.4, -0.2) is 0 Å². The maximum absolute atomic E-state index is 5.34. The van der Waals surface area contributed by atoms with Crippen LogP contribution in [0.1, 0.15) is 11.3 Å². The van der Waals surface area contributed by atoms with Gasteiger partial charge in [-0.3, -0.25) is 0 Å². The van der Waals surface area contributed by atoms with Crippen molar-refractivity contribution in [1.82, 2.24) is 0 Å². The van der Waals surface area contributed by atoms with Crippen LogP contribution in [0.4, 0.5) is 5.69 Å². The predicted molar refractivity (Wildman–Crippen MR) is 72.6 cm³/mol. The molecule has 84 valence electrons. The Bertz CT molecular complexity index is 494. The molecule has 4 heteroatoms. The van der Waals surface area contributed by atoms with E-state index in [1.54, 1.807) is 6.26 Å². The zero-order valence-electron chi connectivity index (χ0n) is 8.76. The Morgan fingerprint density at radius 2 is 2.06 bits per heavy atom. The monoisotopic (exact) mass is 343 g/mol. The molecule has 2 rings (SSSR count). The number of hydrogen-bond donors (Lipinski definition) is 1. The minimum atomic E-state index is 0.672. The van der Waals surface area contributed by atoms with Crippen LogP contribution in [0.15, 0.2) is 43.9 Å². The third kappa shape index (κ3) is 2.68. The van der Waals surface area contributed by atoms with Crippen molar-refractivity contribution < 1.29 is 4.42 Å². The molecule has 0 unspecified atom stereocenters. The van der Waals surface area contributed by atoms with E-state index < -0.39 is 0 Å². The van der Waals surface area contributed by atoms with E-state index in [1.807, 2.05) is 12.1 Å². The Morgan fingerprint density at radius 1 is 1.25 bits per heavy atom. The normalized spacial score (nSPS) is 10.4. The van der Waals surface area contributed by atoms with E-state index in [1.165, 1.54) is 5.56 Å². The number of anilines is 1. The van der Waals surface area contributed by atoms with Gasteiger partial charge in [-0.2, -0.15) is 0 Å². The van der Waals surface area contributed by atoms with Crippen LogP contribution in [0.2, 0.25) is 0 Å². The smallest absolute Gasteiger partial charge is 0.136 e. The average Bonchev–Trinajstić information content (AvgIpc) is 2.66. The second kappa shape index (κ2) is 5.06. The summed E-state index contributed by atoms with van der Waals surface area (Å²) in [6.07, 6.45) is 1.68. The minimum absolute atomic E-state index is 0.672. The van der Waals surface area contributed by atoms with Gasteiger partial charge in [0, 0.05) is 10.2 Å². The second-order valence-electron chi connectivity index (χ2n) is 3.50. The van der Waals surface area contributed by atoms with Gasteiger partial charge in [-0.1, -0.05) is 22.0 Å². The maximum atomic E-state index is 5.34. The first-order valence-corrected chi connectivity index (χ1v) is 6.47. The molecule has 0 saturated heterocycles. The van der Waals surface area contributed by atoms with E-state index in [4.69, 9.17) is 4.42 Å². The molecule has 1 heterocycles. The van der Waals surface area contributed by atoms with Crippen LogP contribution in [0.3, 0.4) is 0 Å². The summed E-state index contributed by atoms with van der Waals surface area (Å²) >= 11 is 6.89. The highest BCUT2D eigenvalue weighted by molar-refractivity contribution is 9.10. The van der Waals surface area contributed by atoms with E-state index >= 15 is 0 Å². The van der Waals surface area contributed by atoms with E-state index in [9.17, 15) is 0 Å². The molecule has 2 aromatic rings. The van der Waals surface area contributed by atoms with Crippen molar-refractivity contribution in [2.75, 3.05) is 5.32 Å². The summed E-state index contributed by atoms with van der Waals surface area (Å²) in [5.74, 6) is 0.902. The van der Waals surface area contributed by atoms with Crippen LogP contribution in [0.5, 0.6) is 0 Å². The molecular formula is C12H11Br2NO. The quantitative estimate of drug-likeness (QED) is 0.871. The maximum Gasteiger partial charge on any atom is 0.136 e. The lowest BCUT2D eigenvalue weighted by Crippen LogP contribution is -2.00. The fourth-order valence-electron chi connectivity index (χ4n) is 1.41. The van der Waals surface area contributed by atoms with Crippen molar-refractivity contribution in [2.45, 2.75) is 13.5 Å². The molecule has 0 bridgehead atoms. The number of halogens is 2. The molecule has 0 spiro atoms. The van der Waals surface area contributed by atoms with E-state index in [0.29, 0.717) is 6.54 Å². The second-order valence-corrected chi connectivity index (χ2v) is 5.27. The zero-order chi connectivity index (χ0) is 11.5. The molecule has 1 aromatic heterocycles. The van der Waals surface area contributed by atoms with Crippen LogP contribution >= 0.6 is 31.9 Å². The molecular weight excluding hydrogens is 334 g/mol. The highest BCUT2D eigenvalue weighted by Crippen LogP contribution is 2.23. The van der Waals surface area contributed by atoms with Gasteiger partial charge in [-0.25, -0.2) is 0 Å². The van der Waals surface area contributed by atoms with Gasteiger partial charge < -0.3 is 9.73 Å². The predicted octanol–water partition coefficient (Wildman–Crippen LogP) is 4.73. The van der Waals surface area contributed by atoms with Gasteiger partial charge >= 0.3 is 0 Å². The first-order chi connectivity index (χ1) is 7.66. The highest BCUT2D eigenvalue weighted by atomic mass is 79.9. The highest BCUT2D eigenvalue weighted by Gasteiger charge is 2.04. The lowest BCUT2D eigenvalue weighted by atomic mass is 10.2. The molecule has 1 N–H and O–H groups in total. The number of furan rings is 1. The molecule has 1 aromatic carbocycles. The van der Waals surface area contributed by atoms with Crippen molar-refractivity contribution in [3.05, 3.63) is 50.8 Å². The molecule has 2 nitrogen and oxygen atoms in total. The van der Waals surface area contributed by atoms with Crippen molar-refractivity contribution in [1.29, 1.82) is 0 Å². The SMILES string of the molecule is Cc1ccc(Br)cc1NCc1occc1Br. The summed E-state index contributed by atoms with van der Waals surface area (Å²) in [4.78, 5) is 0. The van der Waals surface area contributed by atoms with Crippen LogP contribution < -0.4 is 5.32 Å². The summed E-state index contributed by atoms with van der Waals surface area (Å²) in [5, 5.41) is 3.34. The fourth-order valence-corrected chi connectivity index (χ4v) is 2.11. The largest absolute Gasteiger partial charge is 0.466 e. The van der Waals surface area contributed by atoms with Crippen molar-refractivity contribution in [3.8, 4) is 0 Å². The Balaban J connectivity index is 2.10. The summed E-state index contributed by atoms with van der Waals surface area (Å²) in [6.45, 7) is 2.75. The number of hydrogen-bond acceptors (Lipinski definition) is 2. The lowest BCUT2D eigenvalue weighted by Gasteiger charge is -2.08. The zero-order valence-corrected chi connectivity index (χ0v) is 11.9. The number of rotatable bonds is 3. The minimum Gasteiger partial charge on any atom is -0.466 e. The van der Waals surface area contributed by atoms with Gasteiger partial charge in [0.05, 0.1) is 17.3 Å². The Labute approximate surface area is 111 Å². The number of nitrogens with one attached hydrogen (secondary N) is 1. The Hall–Kier alpha value is -0.740. The molecule has 0 amide bonds. The summed E-state index contributed by atoms with van der Waals surface area (Å²) in [5.41, 5.74) is 2.32. The molecule has 0 saturated carbocycles. The van der Waals surface area contributed by atoms with E-state index in [0.717, 1.165) is 20.4 Å². The van der Waals surface area contributed by atoms with Gasteiger partial charge in [0.2, 0.25) is 0 Å². The van der Waals surface area contributed by atoms with Crippen LogP contribution in [0, 0.1) is 6.92 Å². The molecule has 0 fully saturated rings. The van der Waals surface area contributed by atoms with Gasteiger partial charge in [0.25, 0.3) is 0 Å². The Morgan fingerprint density at radius 3 is 2.75 bits per heavy atom. The molecule has 16 heavy (non-hydrogen) atoms. The third-order valence-electron chi connectivity index (χ3n) is 2.33. The standard InChI is InChI=1S/C12H11Br2NO/c1-8-2-3-9(13)6-11(8)15-7-12-10(14)4-5-16-12/h2-6,15H,7H2,1H3. The molecule has 0 radical (unpaired) electrons. The van der Waals surface area contributed by atoms with Crippen molar-refractivity contribution in [2.24, 2.45) is 0 Å². The van der Waals surface area contributed by atoms with Crippen molar-refractivity contribution in [3.63, 3.8) is 0 Å². The Kier molecular flexibility index (Phi) is 3.71. The van der Waals surface area contributed by atoms with Gasteiger partial charge in [0.1, 0.15) is 5.76 Å².